The van der Waals surface area contributed by atoms with Crippen LogP contribution in [0, 0.1) is 0 Å². The van der Waals surface area contributed by atoms with E-state index < -0.39 is 6.04 Å². The monoisotopic (exact) mass is 396 g/mol. The van der Waals surface area contributed by atoms with E-state index in [1.54, 1.807) is 13.1 Å². The van der Waals surface area contributed by atoms with Crippen molar-refractivity contribution < 1.29 is 9.59 Å². The molecule has 0 aliphatic carbocycles. The third-order valence-corrected chi connectivity index (χ3v) is 6.96. The molecule has 2 N–H and O–H groups in total. The van der Waals surface area contributed by atoms with Crippen molar-refractivity contribution in [2.45, 2.75) is 18.5 Å². The highest BCUT2D eigenvalue weighted by atomic mass is 32.1. The zero-order valence-corrected chi connectivity index (χ0v) is 16.2. The number of pyridine rings is 1. The summed E-state index contributed by atoms with van der Waals surface area (Å²) in [5.74, 6) is -0.191. The molecule has 8 heteroatoms. The van der Waals surface area contributed by atoms with Crippen LogP contribution in [0.1, 0.15) is 16.1 Å². The quantitative estimate of drug-likeness (QED) is 0.701. The Kier molecular flexibility index (Phi) is 3.99. The number of H-pyrrole nitrogens is 1. The van der Waals surface area contributed by atoms with Crippen molar-refractivity contribution in [2.24, 2.45) is 0 Å². The van der Waals surface area contributed by atoms with Gasteiger partial charge in [0.15, 0.2) is 0 Å². The molecule has 4 heterocycles. The fourth-order valence-corrected chi connectivity index (χ4v) is 5.24. The molecule has 3 aromatic rings. The Balaban J connectivity index is 1.47. The molecule has 0 radical (unpaired) electrons. The standard InChI is InChI=1S/C20H20N4O3S/c1-23(15-6-7-24(19(15)26)11-9-21-10-11)20(27)16-8-13-17(28-16)12-4-2-3-5-14(12)22-18(13)25/h2-5,8,11,15,21H,6-7,9-10H2,1H3,(H,22,25). The van der Waals surface area contributed by atoms with Gasteiger partial charge in [-0.25, -0.2) is 0 Å². The lowest BCUT2D eigenvalue weighted by molar-refractivity contribution is -0.133. The molecule has 2 aliphatic heterocycles. The van der Waals surface area contributed by atoms with E-state index in [9.17, 15) is 14.4 Å². The smallest absolute Gasteiger partial charge is 0.264 e. The molecule has 0 saturated carbocycles. The maximum atomic E-state index is 13.1. The molecule has 1 aromatic carbocycles. The van der Waals surface area contributed by atoms with Crippen LogP contribution in [0.4, 0.5) is 0 Å². The van der Waals surface area contributed by atoms with E-state index >= 15 is 0 Å². The van der Waals surface area contributed by atoms with Crippen molar-refractivity contribution in [1.29, 1.82) is 0 Å². The highest BCUT2D eigenvalue weighted by Gasteiger charge is 2.41. The van der Waals surface area contributed by atoms with Gasteiger partial charge < -0.3 is 20.1 Å². The number of fused-ring (bicyclic) bond motifs is 3. The molecule has 2 aromatic heterocycles. The van der Waals surface area contributed by atoms with E-state index in [0.717, 1.165) is 28.7 Å². The van der Waals surface area contributed by atoms with Crippen LogP contribution in [-0.4, -0.2) is 65.4 Å². The fourth-order valence-electron chi connectivity index (χ4n) is 4.06. The molecule has 144 valence electrons. The zero-order chi connectivity index (χ0) is 19.4. The van der Waals surface area contributed by atoms with Crippen LogP contribution in [0.2, 0.25) is 0 Å². The number of para-hydroxylation sites is 1. The van der Waals surface area contributed by atoms with Crippen LogP contribution in [-0.2, 0) is 4.79 Å². The van der Waals surface area contributed by atoms with Gasteiger partial charge in [-0.3, -0.25) is 14.4 Å². The number of carbonyl (C=O) groups is 2. The second kappa shape index (κ2) is 6.42. The number of nitrogens with zero attached hydrogens (tertiary/aromatic N) is 2. The number of carbonyl (C=O) groups excluding carboxylic acids is 2. The minimum absolute atomic E-state index is 0.0201. The number of hydrogen-bond acceptors (Lipinski definition) is 5. The predicted molar refractivity (Wildman–Crippen MR) is 109 cm³/mol. The van der Waals surface area contributed by atoms with Gasteiger partial charge in [0.2, 0.25) is 5.91 Å². The van der Waals surface area contributed by atoms with Crippen molar-refractivity contribution in [3.8, 4) is 0 Å². The molecule has 2 amide bonds. The van der Waals surface area contributed by atoms with E-state index in [0.29, 0.717) is 23.2 Å². The predicted octanol–water partition coefficient (Wildman–Crippen LogP) is 1.39. The largest absolute Gasteiger partial charge is 0.335 e. The summed E-state index contributed by atoms with van der Waals surface area (Å²) in [6.07, 6.45) is 0.645. The summed E-state index contributed by atoms with van der Waals surface area (Å²) < 4.78 is 0.802. The normalized spacial score (nSPS) is 20.1. The maximum Gasteiger partial charge on any atom is 0.264 e. The lowest BCUT2D eigenvalue weighted by Gasteiger charge is -2.36. The average molecular weight is 396 g/mol. The molecule has 7 nitrogen and oxygen atoms in total. The van der Waals surface area contributed by atoms with Crippen molar-refractivity contribution in [3.05, 3.63) is 45.6 Å². The first kappa shape index (κ1) is 17.4. The number of benzene rings is 1. The van der Waals surface area contributed by atoms with Crippen LogP contribution in [0.15, 0.2) is 35.1 Å². The van der Waals surface area contributed by atoms with E-state index in [4.69, 9.17) is 0 Å². The van der Waals surface area contributed by atoms with Crippen LogP contribution in [0.25, 0.3) is 21.0 Å². The first-order valence-corrected chi connectivity index (χ1v) is 10.2. The molecule has 2 fully saturated rings. The maximum absolute atomic E-state index is 13.1. The first-order chi connectivity index (χ1) is 13.5. The second-order valence-corrected chi connectivity index (χ2v) is 8.47. The van der Waals surface area contributed by atoms with Gasteiger partial charge in [0.25, 0.3) is 11.5 Å². The lowest BCUT2D eigenvalue weighted by Crippen LogP contribution is -2.58. The third-order valence-electron chi connectivity index (χ3n) is 5.81. The summed E-state index contributed by atoms with van der Waals surface area (Å²) >= 11 is 1.31. The summed E-state index contributed by atoms with van der Waals surface area (Å²) in [6, 6.07) is 9.03. The van der Waals surface area contributed by atoms with Crippen molar-refractivity contribution >= 4 is 44.1 Å². The zero-order valence-electron chi connectivity index (χ0n) is 15.4. The number of amides is 2. The Hall–Kier alpha value is -2.71. The summed E-state index contributed by atoms with van der Waals surface area (Å²) in [5.41, 5.74) is 0.553. The van der Waals surface area contributed by atoms with Crippen LogP contribution in [0.3, 0.4) is 0 Å². The highest BCUT2D eigenvalue weighted by Crippen LogP contribution is 2.31. The van der Waals surface area contributed by atoms with Gasteiger partial charge in [-0.2, -0.15) is 0 Å². The molecule has 5 rings (SSSR count). The molecule has 1 atom stereocenters. The Morgan fingerprint density at radius 3 is 2.75 bits per heavy atom. The summed E-state index contributed by atoms with van der Waals surface area (Å²) in [6.45, 7) is 2.33. The molecular formula is C20H20N4O3S. The van der Waals surface area contributed by atoms with Gasteiger partial charge in [0.05, 0.1) is 16.3 Å². The molecule has 2 aliphatic rings. The molecule has 2 saturated heterocycles. The SMILES string of the molecule is CN(C(=O)c1cc2c(=O)[nH]c3ccccc3c2s1)C1CCN(C2CNC2)C1=O. The van der Waals surface area contributed by atoms with Gasteiger partial charge in [0, 0.05) is 42.3 Å². The molecule has 0 bridgehead atoms. The van der Waals surface area contributed by atoms with Crippen LogP contribution >= 0.6 is 11.3 Å². The van der Waals surface area contributed by atoms with Crippen molar-refractivity contribution in [1.82, 2.24) is 20.1 Å². The minimum Gasteiger partial charge on any atom is -0.335 e. The Bertz CT molecular complexity index is 1160. The molecular weight excluding hydrogens is 376 g/mol. The van der Waals surface area contributed by atoms with Crippen LogP contribution < -0.4 is 10.9 Å². The Morgan fingerprint density at radius 2 is 2.00 bits per heavy atom. The number of rotatable bonds is 3. The van der Waals surface area contributed by atoms with Crippen molar-refractivity contribution in [3.63, 3.8) is 0 Å². The van der Waals surface area contributed by atoms with Gasteiger partial charge in [-0.1, -0.05) is 18.2 Å². The third kappa shape index (κ3) is 2.56. The Morgan fingerprint density at radius 1 is 1.21 bits per heavy atom. The molecule has 1 unspecified atom stereocenters. The highest BCUT2D eigenvalue weighted by molar-refractivity contribution is 7.21. The van der Waals surface area contributed by atoms with E-state index in [2.05, 4.69) is 10.3 Å². The topological polar surface area (TPSA) is 85.5 Å². The van der Waals surface area contributed by atoms with Gasteiger partial charge in [-0.15, -0.1) is 11.3 Å². The minimum atomic E-state index is -0.437. The number of hydrogen-bond donors (Lipinski definition) is 2. The summed E-state index contributed by atoms with van der Waals surface area (Å²) in [7, 11) is 1.68. The summed E-state index contributed by atoms with van der Waals surface area (Å²) in [5, 5.41) is 4.62. The van der Waals surface area contributed by atoms with E-state index in [1.165, 1.54) is 16.2 Å². The van der Waals surface area contributed by atoms with Crippen LogP contribution in [0.5, 0.6) is 0 Å². The molecule has 28 heavy (non-hydrogen) atoms. The van der Waals surface area contributed by atoms with Gasteiger partial charge >= 0.3 is 0 Å². The number of likely N-dealkylation sites (N-methyl/N-ethyl adjacent to an activating group) is 1. The first-order valence-electron chi connectivity index (χ1n) is 9.37. The Labute approximate surface area is 164 Å². The number of likely N-dealkylation sites (tertiary alicyclic amines) is 1. The lowest BCUT2D eigenvalue weighted by atomic mass is 10.1. The number of thiophene rings is 1. The summed E-state index contributed by atoms with van der Waals surface area (Å²) in [4.78, 5) is 45.1. The fraction of sp³-hybridized carbons (Fsp3) is 0.350. The van der Waals surface area contributed by atoms with Crippen molar-refractivity contribution in [2.75, 3.05) is 26.7 Å². The number of aromatic amines is 1. The van der Waals surface area contributed by atoms with Gasteiger partial charge in [0.1, 0.15) is 6.04 Å². The molecule has 0 spiro atoms. The number of aromatic nitrogens is 1. The number of nitrogens with one attached hydrogen (secondary N) is 2. The van der Waals surface area contributed by atoms with E-state index in [-0.39, 0.29) is 23.4 Å². The van der Waals surface area contributed by atoms with Gasteiger partial charge in [-0.05, 0) is 18.6 Å². The second-order valence-electron chi connectivity index (χ2n) is 7.42. The van der Waals surface area contributed by atoms with E-state index in [1.807, 2.05) is 29.2 Å². The average Bonchev–Trinajstić information content (AvgIpc) is 3.25.